The lowest BCUT2D eigenvalue weighted by atomic mass is 10.1. The molecule has 0 aliphatic heterocycles. The summed E-state index contributed by atoms with van der Waals surface area (Å²) in [4.78, 5) is 15.1. The number of carbonyl (C=O) groups is 1. The van der Waals surface area contributed by atoms with Crippen molar-refractivity contribution in [3.8, 4) is 11.6 Å². The highest BCUT2D eigenvalue weighted by Crippen LogP contribution is 2.22. The number of nitrogens with zero attached hydrogens (tertiary/aromatic N) is 1. The number of pyridine rings is 1. The van der Waals surface area contributed by atoms with Gasteiger partial charge in [0, 0.05) is 11.8 Å². The molecule has 0 aliphatic rings. The van der Waals surface area contributed by atoms with Crippen LogP contribution in [0.5, 0.6) is 11.6 Å². The van der Waals surface area contributed by atoms with Crippen LogP contribution in [-0.2, 0) is 0 Å². The molecule has 0 fully saturated rings. The molecule has 1 aromatic heterocycles. The summed E-state index contributed by atoms with van der Waals surface area (Å²) in [5.41, 5.74) is 1.80. The number of rotatable bonds is 3. The van der Waals surface area contributed by atoms with Crippen molar-refractivity contribution >= 4 is 5.97 Å². The number of aryl methyl sites for hydroxylation is 2. The van der Waals surface area contributed by atoms with E-state index in [4.69, 9.17) is 9.84 Å². The first-order valence-electron chi connectivity index (χ1n) is 5.52. The molecule has 1 N–H and O–H groups in total. The number of ether oxygens (including phenoxy) is 1. The monoisotopic (exact) mass is 243 g/mol. The van der Waals surface area contributed by atoms with Crippen LogP contribution < -0.4 is 4.74 Å². The van der Waals surface area contributed by atoms with E-state index in [1.54, 1.807) is 25.1 Å². The summed E-state index contributed by atoms with van der Waals surface area (Å²) in [6, 6.07) is 10.3. The zero-order valence-electron chi connectivity index (χ0n) is 10.2. The Labute approximate surface area is 105 Å². The van der Waals surface area contributed by atoms with Crippen molar-refractivity contribution in [1.82, 2.24) is 4.98 Å². The van der Waals surface area contributed by atoms with E-state index in [1.165, 1.54) is 6.07 Å². The van der Waals surface area contributed by atoms with Gasteiger partial charge in [-0.3, -0.25) is 0 Å². The molecule has 0 saturated carbocycles. The third-order valence-electron chi connectivity index (χ3n) is 2.51. The van der Waals surface area contributed by atoms with Crippen molar-refractivity contribution < 1.29 is 14.6 Å². The van der Waals surface area contributed by atoms with Gasteiger partial charge in [0.25, 0.3) is 0 Å². The van der Waals surface area contributed by atoms with Crippen LogP contribution in [0.15, 0.2) is 36.4 Å². The highest BCUT2D eigenvalue weighted by Gasteiger charge is 2.08. The van der Waals surface area contributed by atoms with Crippen molar-refractivity contribution in [1.29, 1.82) is 0 Å². The topological polar surface area (TPSA) is 59.4 Å². The average Bonchev–Trinajstić information content (AvgIpc) is 2.28. The van der Waals surface area contributed by atoms with E-state index >= 15 is 0 Å². The van der Waals surface area contributed by atoms with Gasteiger partial charge in [-0.05, 0) is 43.7 Å². The Balaban J connectivity index is 2.25. The van der Waals surface area contributed by atoms with Crippen LogP contribution in [0.25, 0.3) is 0 Å². The molecule has 0 spiro atoms. The molecular weight excluding hydrogens is 230 g/mol. The smallest absolute Gasteiger partial charge is 0.335 e. The zero-order valence-corrected chi connectivity index (χ0v) is 10.2. The number of benzene rings is 1. The van der Waals surface area contributed by atoms with Crippen LogP contribution in [0, 0.1) is 13.8 Å². The van der Waals surface area contributed by atoms with Gasteiger partial charge < -0.3 is 9.84 Å². The van der Waals surface area contributed by atoms with Crippen LogP contribution in [0.1, 0.15) is 21.6 Å². The van der Waals surface area contributed by atoms with Gasteiger partial charge in [-0.1, -0.05) is 6.07 Å². The van der Waals surface area contributed by atoms with Crippen molar-refractivity contribution in [2.24, 2.45) is 0 Å². The molecule has 0 radical (unpaired) electrons. The highest BCUT2D eigenvalue weighted by molar-refractivity contribution is 5.89. The number of aromatic carboxylic acids is 1. The minimum Gasteiger partial charge on any atom is -0.478 e. The maximum absolute atomic E-state index is 10.9. The van der Waals surface area contributed by atoms with Gasteiger partial charge in [-0.15, -0.1) is 0 Å². The van der Waals surface area contributed by atoms with E-state index in [0.717, 1.165) is 5.69 Å². The Morgan fingerprint density at radius 1 is 1.22 bits per heavy atom. The van der Waals surface area contributed by atoms with Crippen LogP contribution in [-0.4, -0.2) is 16.1 Å². The molecule has 92 valence electrons. The number of carboxylic acids is 1. The van der Waals surface area contributed by atoms with Crippen molar-refractivity contribution in [2.75, 3.05) is 0 Å². The number of hydrogen-bond donors (Lipinski definition) is 1. The van der Waals surface area contributed by atoms with E-state index < -0.39 is 5.97 Å². The third-order valence-corrected chi connectivity index (χ3v) is 2.51. The van der Waals surface area contributed by atoms with Crippen LogP contribution in [0.4, 0.5) is 0 Å². The molecule has 4 nitrogen and oxygen atoms in total. The summed E-state index contributed by atoms with van der Waals surface area (Å²) in [5, 5.41) is 8.93. The number of hydrogen-bond acceptors (Lipinski definition) is 3. The Bertz CT molecular complexity index is 593. The number of aromatic nitrogens is 1. The van der Waals surface area contributed by atoms with E-state index in [-0.39, 0.29) is 5.56 Å². The number of carboxylic acid groups (broad SMARTS) is 1. The minimum absolute atomic E-state index is 0.277. The van der Waals surface area contributed by atoms with Gasteiger partial charge in [-0.2, -0.15) is 0 Å². The average molecular weight is 243 g/mol. The van der Waals surface area contributed by atoms with Crippen molar-refractivity contribution in [2.45, 2.75) is 13.8 Å². The zero-order chi connectivity index (χ0) is 13.1. The molecule has 0 bridgehead atoms. The van der Waals surface area contributed by atoms with Gasteiger partial charge in [0.15, 0.2) is 0 Å². The highest BCUT2D eigenvalue weighted by atomic mass is 16.5. The summed E-state index contributed by atoms with van der Waals surface area (Å²) in [6.45, 7) is 3.62. The van der Waals surface area contributed by atoms with Gasteiger partial charge in [0.1, 0.15) is 5.75 Å². The maximum atomic E-state index is 10.9. The molecule has 1 aromatic carbocycles. The lowest BCUT2D eigenvalue weighted by Gasteiger charge is -2.07. The standard InChI is InChI=1S/C14H13NO3/c1-9-8-11(6-7-12(9)14(16)17)18-13-5-3-4-10(2)15-13/h3-8H,1-2H3,(H,16,17). The van der Waals surface area contributed by atoms with Crippen molar-refractivity contribution in [3.63, 3.8) is 0 Å². The van der Waals surface area contributed by atoms with Gasteiger partial charge >= 0.3 is 5.97 Å². The quantitative estimate of drug-likeness (QED) is 0.899. The molecule has 0 saturated heterocycles. The SMILES string of the molecule is Cc1cccc(Oc2ccc(C(=O)O)c(C)c2)n1. The largest absolute Gasteiger partial charge is 0.478 e. The maximum Gasteiger partial charge on any atom is 0.335 e. The van der Waals surface area contributed by atoms with Gasteiger partial charge in [-0.25, -0.2) is 9.78 Å². The second kappa shape index (κ2) is 4.87. The fourth-order valence-electron chi connectivity index (χ4n) is 1.64. The lowest BCUT2D eigenvalue weighted by molar-refractivity contribution is 0.0696. The molecule has 2 aromatic rings. The molecule has 0 atom stereocenters. The summed E-state index contributed by atoms with van der Waals surface area (Å²) in [7, 11) is 0. The molecule has 18 heavy (non-hydrogen) atoms. The fraction of sp³-hybridized carbons (Fsp3) is 0.143. The Hall–Kier alpha value is -2.36. The molecule has 4 heteroatoms. The van der Waals surface area contributed by atoms with Crippen LogP contribution in [0.2, 0.25) is 0 Å². The first kappa shape index (κ1) is 12.1. The van der Waals surface area contributed by atoms with E-state index in [9.17, 15) is 4.79 Å². The molecule has 0 unspecified atom stereocenters. The predicted molar refractivity (Wildman–Crippen MR) is 67.2 cm³/mol. The second-order valence-electron chi connectivity index (χ2n) is 4.00. The minimum atomic E-state index is -0.937. The third kappa shape index (κ3) is 2.66. The van der Waals surface area contributed by atoms with Crippen LogP contribution >= 0.6 is 0 Å². The Morgan fingerprint density at radius 3 is 2.61 bits per heavy atom. The molecule has 0 aliphatic carbocycles. The summed E-state index contributed by atoms with van der Waals surface area (Å²) >= 11 is 0. The molecule has 0 amide bonds. The van der Waals surface area contributed by atoms with Crippen LogP contribution in [0.3, 0.4) is 0 Å². The Kier molecular flexibility index (Phi) is 3.28. The molecule has 1 heterocycles. The second-order valence-corrected chi connectivity index (χ2v) is 4.00. The van der Waals surface area contributed by atoms with Gasteiger partial charge in [0.05, 0.1) is 5.56 Å². The van der Waals surface area contributed by atoms with E-state index in [2.05, 4.69) is 4.98 Å². The normalized spacial score (nSPS) is 10.1. The summed E-state index contributed by atoms with van der Waals surface area (Å²) < 4.78 is 5.57. The van der Waals surface area contributed by atoms with Gasteiger partial charge in [0.2, 0.25) is 5.88 Å². The van der Waals surface area contributed by atoms with E-state index in [0.29, 0.717) is 17.2 Å². The predicted octanol–water partition coefficient (Wildman–Crippen LogP) is 3.19. The first-order chi connectivity index (χ1) is 8.56. The molecule has 2 rings (SSSR count). The Morgan fingerprint density at radius 2 is 2.00 bits per heavy atom. The van der Waals surface area contributed by atoms with Crippen molar-refractivity contribution in [3.05, 3.63) is 53.2 Å². The first-order valence-corrected chi connectivity index (χ1v) is 5.52. The summed E-state index contributed by atoms with van der Waals surface area (Å²) in [5.74, 6) is 0.140. The lowest BCUT2D eigenvalue weighted by Crippen LogP contribution is -1.99. The fourth-order valence-corrected chi connectivity index (χ4v) is 1.64. The van der Waals surface area contributed by atoms with E-state index in [1.807, 2.05) is 19.1 Å². The molecular formula is C14H13NO3. The summed E-state index contributed by atoms with van der Waals surface area (Å²) in [6.07, 6.45) is 0.